The highest BCUT2D eigenvalue weighted by atomic mass is 16.1. The molecular formula is C16H26N2O. The molecule has 1 aliphatic heterocycles. The minimum absolute atomic E-state index is 0.361. The van der Waals surface area contributed by atoms with Crippen LogP contribution in [-0.4, -0.2) is 36.5 Å². The van der Waals surface area contributed by atoms with Crippen molar-refractivity contribution < 1.29 is 4.79 Å². The molecule has 19 heavy (non-hydrogen) atoms. The second kappa shape index (κ2) is 4.76. The first kappa shape index (κ1) is 12.2. The van der Waals surface area contributed by atoms with E-state index in [9.17, 15) is 4.79 Å². The van der Waals surface area contributed by atoms with E-state index in [1.54, 1.807) is 0 Å². The first-order valence-corrected chi connectivity index (χ1v) is 8.31. The quantitative estimate of drug-likeness (QED) is 0.840. The average molecular weight is 262 g/mol. The molecule has 1 saturated heterocycles. The monoisotopic (exact) mass is 262 g/mol. The number of nitrogens with one attached hydrogen (secondary N) is 1. The molecule has 1 N–H and O–H groups in total. The van der Waals surface area contributed by atoms with E-state index in [-0.39, 0.29) is 0 Å². The van der Waals surface area contributed by atoms with Gasteiger partial charge >= 0.3 is 0 Å². The summed E-state index contributed by atoms with van der Waals surface area (Å²) in [4.78, 5) is 14.9. The number of nitrogens with zero attached hydrogens (tertiary/aromatic N) is 1. The Balaban J connectivity index is 1.23. The first-order valence-electron chi connectivity index (χ1n) is 8.31. The summed E-state index contributed by atoms with van der Waals surface area (Å²) >= 11 is 0. The maximum Gasteiger partial charge on any atom is 0.223 e. The van der Waals surface area contributed by atoms with Crippen LogP contribution in [0.2, 0.25) is 0 Å². The summed E-state index contributed by atoms with van der Waals surface area (Å²) in [6.45, 7) is 3.41. The van der Waals surface area contributed by atoms with Crippen molar-refractivity contribution in [1.29, 1.82) is 0 Å². The van der Waals surface area contributed by atoms with E-state index >= 15 is 0 Å². The molecule has 4 atom stereocenters. The van der Waals surface area contributed by atoms with Crippen LogP contribution in [0.1, 0.15) is 44.9 Å². The zero-order valence-electron chi connectivity index (χ0n) is 11.8. The van der Waals surface area contributed by atoms with E-state index in [0.29, 0.717) is 17.7 Å². The SMILES string of the molecule is O=C(NC[C@H]1CCN(C2CC2)C1)[C@@H]1C[C@H]2CC[C@H]1C2. The van der Waals surface area contributed by atoms with Gasteiger partial charge in [0.1, 0.15) is 0 Å². The summed E-state index contributed by atoms with van der Waals surface area (Å²) < 4.78 is 0. The molecule has 3 nitrogen and oxygen atoms in total. The fourth-order valence-electron chi connectivity index (χ4n) is 4.74. The largest absolute Gasteiger partial charge is 0.356 e. The molecule has 1 amide bonds. The van der Waals surface area contributed by atoms with Crippen molar-refractivity contribution in [2.45, 2.75) is 51.0 Å². The highest BCUT2D eigenvalue weighted by Gasteiger charge is 2.43. The van der Waals surface area contributed by atoms with Gasteiger partial charge in [-0.3, -0.25) is 4.79 Å². The Morgan fingerprint density at radius 2 is 2.00 bits per heavy atom. The summed E-state index contributed by atoms with van der Waals surface area (Å²) in [5.41, 5.74) is 0. The summed E-state index contributed by atoms with van der Waals surface area (Å²) in [5.74, 6) is 3.04. The molecule has 4 aliphatic rings. The van der Waals surface area contributed by atoms with E-state index in [1.165, 1.54) is 58.0 Å². The van der Waals surface area contributed by atoms with Crippen molar-refractivity contribution in [3.63, 3.8) is 0 Å². The Morgan fingerprint density at radius 1 is 1.11 bits per heavy atom. The van der Waals surface area contributed by atoms with Crippen LogP contribution in [-0.2, 0) is 4.79 Å². The molecule has 4 fully saturated rings. The number of hydrogen-bond acceptors (Lipinski definition) is 2. The van der Waals surface area contributed by atoms with E-state index in [4.69, 9.17) is 0 Å². The molecule has 2 bridgehead atoms. The van der Waals surface area contributed by atoms with E-state index in [1.807, 2.05) is 0 Å². The molecule has 1 heterocycles. The van der Waals surface area contributed by atoms with Crippen molar-refractivity contribution in [2.24, 2.45) is 23.7 Å². The Kier molecular flexibility index (Phi) is 3.06. The lowest BCUT2D eigenvalue weighted by atomic mass is 9.88. The lowest BCUT2D eigenvalue weighted by molar-refractivity contribution is -0.126. The number of hydrogen-bond donors (Lipinski definition) is 1. The third-order valence-electron chi connectivity index (χ3n) is 6.02. The van der Waals surface area contributed by atoms with Crippen LogP contribution in [0, 0.1) is 23.7 Å². The van der Waals surface area contributed by atoms with Crippen molar-refractivity contribution in [3.05, 3.63) is 0 Å². The normalized spacial score (nSPS) is 41.9. The van der Waals surface area contributed by atoms with Crippen LogP contribution in [0.5, 0.6) is 0 Å². The van der Waals surface area contributed by atoms with E-state index in [2.05, 4.69) is 10.2 Å². The molecular weight excluding hydrogens is 236 g/mol. The zero-order valence-corrected chi connectivity index (χ0v) is 11.8. The third-order valence-corrected chi connectivity index (χ3v) is 6.02. The lowest BCUT2D eigenvalue weighted by Gasteiger charge is -2.22. The van der Waals surface area contributed by atoms with Crippen molar-refractivity contribution >= 4 is 5.91 Å². The number of carbonyl (C=O) groups is 1. The van der Waals surface area contributed by atoms with Gasteiger partial charge in [-0.15, -0.1) is 0 Å². The average Bonchev–Trinajstić information content (AvgIpc) is 2.89. The van der Waals surface area contributed by atoms with Gasteiger partial charge in [-0.1, -0.05) is 6.42 Å². The molecule has 3 heteroatoms. The van der Waals surface area contributed by atoms with Gasteiger partial charge in [-0.25, -0.2) is 0 Å². The smallest absolute Gasteiger partial charge is 0.223 e. The second-order valence-corrected chi connectivity index (χ2v) is 7.41. The molecule has 0 aromatic carbocycles. The van der Waals surface area contributed by atoms with Crippen LogP contribution in [0.4, 0.5) is 0 Å². The fraction of sp³-hybridized carbons (Fsp3) is 0.938. The lowest BCUT2D eigenvalue weighted by Crippen LogP contribution is -2.37. The Bertz CT molecular complexity index is 366. The van der Waals surface area contributed by atoms with Gasteiger partial charge in [-0.2, -0.15) is 0 Å². The minimum atomic E-state index is 0.361. The van der Waals surface area contributed by atoms with Crippen LogP contribution in [0.25, 0.3) is 0 Å². The molecule has 4 rings (SSSR count). The Hall–Kier alpha value is -0.570. The molecule has 3 saturated carbocycles. The standard InChI is InChI=1S/C16H26N2O/c19-16(15-8-11-1-2-13(15)7-11)17-9-12-5-6-18(10-12)14-3-4-14/h11-15H,1-10H2,(H,17,19)/t11-,12+,13-,15+/m0/s1. The van der Waals surface area contributed by atoms with Crippen molar-refractivity contribution in [2.75, 3.05) is 19.6 Å². The van der Waals surface area contributed by atoms with Crippen LogP contribution >= 0.6 is 0 Å². The van der Waals surface area contributed by atoms with Gasteiger partial charge in [-0.05, 0) is 62.8 Å². The Morgan fingerprint density at radius 3 is 2.68 bits per heavy atom. The van der Waals surface area contributed by atoms with Gasteiger partial charge in [0, 0.05) is 25.0 Å². The van der Waals surface area contributed by atoms with Gasteiger partial charge in [0.25, 0.3) is 0 Å². The molecule has 3 aliphatic carbocycles. The summed E-state index contributed by atoms with van der Waals surface area (Å²) in [7, 11) is 0. The summed E-state index contributed by atoms with van der Waals surface area (Å²) in [6.07, 6.45) is 9.29. The topological polar surface area (TPSA) is 32.3 Å². The van der Waals surface area contributed by atoms with Crippen LogP contribution in [0.3, 0.4) is 0 Å². The predicted octanol–water partition coefficient (Wildman–Crippen LogP) is 2.02. The second-order valence-electron chi connectivity index (χ2n) is 7.41. The number of fused-ring (bicyclic) bond motifs is 2. The van der Waals surface area contributed by atoms with Gasteiger partial charge in [0.2, 0.25) is 5.91 Å². The highest BCUT2D eigenvalue weighted by Crippen LogP contribution is 2.48. The van der Waals surface area contributed by atoms with Crippen LogP contribution < -0.4 is 5.32 Å². The fourth-order valence-corrected chi connectivity index (χ4v) is 4.74. The van der Waals surface area contributed by atoms with E-state index in [0.717, 1.165) is 24.4 Å². The summed E-state index contributed by atoms with van der Waals surface area (Å²) in [6, 6.07) is 0.895. The predicted molar refractivity (Wildman–Crippen MR) is 74.6 cm³/mol. The molecule has 0 radical (unpaired) electrons. The highest BCUT2D eigenvalue weighted by molar-refractivity contribution is 5.79. The molecule has 0 aromatic heterocycles. The Labute approximate surface area is 116 Å². The first-order chi connectivity index (χ1) is 9.29. The van der Waals surface area contributed by atoms with Crippen molar-refractivity contribution in [1.82, 2.24) is 10.2 Å². The van der Waals surface area contributed by atoms with Gasteiger partial charge < -0.3 is 10.2 Å². The van der Waals surface area contributed by atoms with Crippen LogP contribution in [0.15, 0.2) is 0 Å². The third kappa shape index (κ3) is 2.42. The minimum Gasteiger partial charge on any atom is -0.356 e. The van der Waals surface area contributed by atoms with Gasteiger partial charge in [0.05, 0.1) is 0 Å². The van der Waals surface area contributed by atoms with Gasteiger partial charge in [0.15, 0.2) is 0 Å². The zero-order chi connectivity index (χ0) is 12.8. The molecule has 0 aromatic rings. The number of carbonyl (C=O) groups excluding carboxylic acids is 1. The maximum atomic E-state index is 12.3. The number of amides is 1. The number of rotatable bonds is 4. The molecule has 0 spiro atoms. The van der Waals surface area contributed by atoms with E-state index < -0.39 is 0 Å². The summed E-state index contributed by atoms with van der Waals surface area (Å²) in [5, 5.41) is 3.27. The maximum absolute atomic E-state index is 12.3. The number of likely N-dealkylation sites (tertiary alicyclic amines) is 1. The molecule has 106 valence electrons. The van der Waals surface area contributed by atoms with Crippen molar-refractivity contribution in [3.8, 4) is 0 Å². The molecule has 0 unspecified atom stereocenters.